The summed E-state index contributed by atoms with van der Waals surface area (Å²) >= 11 is 0. The molecule has 0 aromatic heterocycles. The minimum absolute atomic E-state index is 0.166. The third-order valence-corrected chi connectivity index (χ3v) is 3.33. The fraction of sp³-hybridized carbons (Fsp3) is 0.400. The lowest BCUT2D eigenvalue weighted by atomic mass is 9.90. The van der Waals surface area contributed by atoms with Gasteiger partial charge in [0.25, 0.3) is 0 Å². The molecule has 2 rings (SSSR count). The summed E-state index contributed by atoms with van der Waals surface area (Å²) in [4.78, 5) is 4.39. The molecule has 4 nitrogen and oxygen atoms in total. The molecular formula is C15H20N2O2. The van der Waals surface area contributed by atoms with Crippen molar-refractivity contribution in [1.29, 1.82) is 0 Å². The van der Waals surface area contributed by atoms with Crippen LogP contribution in [0.25, 0.3) is 0 Å². The first kappa shape index (κ1) is 13.5. The van der Waals surface area contributed by atoms with Crippen molar-refractivity contribution in [2.75, 3.05) is 12.4 Å². The second-order valence-corrected chi connectivity index (χ2v) is 4.99. The molecule has 0 saturated heterocycles. The molecule has 0 saturated carbocycles. The Hall–Kier alpha value is -1.97. The van der Waals surface area contributed by atoms with Crippen LogP contribution in [0.5, 0.6) is 11.5 Å². The number of phenolic OH excluding ortho intramolecular Hbond substituents is 1. The fourth-order valence-electron chi connectivity index (χ4n) is 2.14. The maximum absolute atomic E-state index is 9.96. The molecule has 1 aromatic carbocycles. The van der Waals surface area contributed by atoms with E-state index in [-0.39, 0.29) is 5.75 Å². The Morgan fingerprint density at radius 2 is 2.21 bits per heavy atom. The molecule has 0 amide bonds. The lowest BCUT2D eigenvalue weighted by Crippen LogP contribution is -2.28. The van der Waals surface area contributed by atoms with Crippen molar-refractivity contribution < 1.29 is 9.84 Å². The normalized spacial score (nSPS) is 18.3. The SMILES string of the molecule is COc1ccc(NC2=NC=CCC2C(C)C)c(O)c1. The number of methoxy groups -OCH3 is 1. The average molecular weight is 260 g/mol. The molecule has 1 aromatic rings. The summed E-state index contributed by atoms with van der Waals surface area (Å²) in [5.41, 5.74) is 0.653. The van der Waals surface area contributed by atoms with Gasteiger partial charge in [-0.2, -0.15) is 0 Å². The van der Waals surface area contributed by atoms with Crippen LogP contribution in [0.15, 0.2) is 35.5 Å². The van der Waals surface area contributed by atoms with Gasteiger partial charge in [-0.1, -0.05) is 19.9 Å². The Kier molecular flexibility index (Phi) is 4.10. The monoisotopic (exact) mass is 260 g/mol. The predicted octanol–water partition coefficient (Wildman–Crippen LogP) is 3.40. The first-order valence-electron chi connectivity index (χ1n) is 6.48. The van der Waals surface area contributed by atoms with E-state index in [9.17, 15) is 5.11 Å². The molecule has 2 N–H and O–H groups in total. The van der Waals surface area contributed by atoms with E-state index in [1.54, 1.807) is 19.2 Å². The van der Waals surface area contributed by atoms with Crippen molar-refractivity contribution >= 4 is 11.5 Å². The lowest BCUT2D eigenvalue weighted by molar-refractivity contribution is 0.408. The summed E-state index contributed by atoms with van der Waals surface area (Å²) in [7, 11) is 1.58. The molecule has 1 aliphatic rings. The summed E-state index contributed by atoms with van der Waals surface area (Å²) in [6.45, 7) is 4.35. The van der Waals surface area contributed by atoms with Crippen molar-refractivity contribution in [2.45, 2.75) is 20.3 Å². The molecule has 0 radical (unpaired) electrons. The topological polar surface area (TPSA) is 53.8 Å². The summed E-state index contributed by atoms with van der Waals surface area (Å²) in [6, 6.07) is 5.20. The van der Waals surface area contributed by atoms with Gasteiger partial charge in [-0.15, -0.1) is 0 Å². The van der Waals surface area contributed by atoms with E-state index in [0.29, 0.717) is 23.3 Å². The number of aromatic hydroxyl groups is 1. The number of allylic oxidation sites excluding steroid dienone is 1. The number of aliphatic imine (C=N–C) groups is 1. The van der Waals surface area contributed by atoms with E-state index < -0.39 is 0 Å². The van der Waals surface area contributed by atoms with E-state index in [1.165, 1.54) is 0 Å². The maximum Gasteiger partial charge on any atom is 0.142 e. The van der Waals surface area contributed by atoms with E-state index in [0.717, 1.165) is 12.3 Å². The molecule has 1 atom stereocenters. The van der Waals surface area contributed by atoms with Crippen LogP contribution >= 0.6 is 0 Å². The molecule has 0 bridgehead atoms. The van der Waals surface area contributed by atoms with Crippen molar-refractivity contribution in [3.05, 3.63) is 30.5 Å². The van der Waals surface area contributed by atoms with E-state index in [4.69, 9.17) is 4.74 Å². The van der Waals surface area contributed by atoms with E-state index >= 15 is 0 Å². The number of nitrogens with one attached hydrogen (secondary N) is 1. The van der Waals surface area contributed by atoms with Crippen LogP contribution in [0.4, 0.5) is 5.69 Å². The molecule has 0 aliphatic carbocycles. The van der Waals surface area contributed by atoms with Crippen molar-refractivity contribution in [3.63, 3.8) is 0 Å². The summed E-state index contributed by atoms with van der Waals surface area (Å²) in [5.74, 6) is 2.55. The molecule has 0 spiro atoms. The number of hydrogen-bond acceptors (Lipinski definition) is 4. The van der Waals surface area contributed by atoms with Gasteiger partial charge >= 0.3 is 0 Å². The zero-order valence-electron chi connectivity index (χ0n) is 11.6. The van der Waals surface area contributed by atoms with Crippen molar-refractivity contribution in [2.24, 2.45) is 16.8 Å². The number of phenols is 1. The Morgan fingerprint density at radius 1 is 1.42 bits per heavy atom. The van der Waals surface area contributed by atoms with Crippen molar-refractivity contribution in [3.8, 4) is 11.5 Å². The van der Waals surface area contributed by atoms with Crippen LogP contribution in [-0.2, 0) is 0 Å². The number of anilines is 1. The van der Waals surface area contributed by atoms with Crippen LogP contribution in [0.3, 0.4) is 0 Å². The highest BCUT2D eigenvalue weighted by Gasteiger charge is 2.21. The highest BCUT2D eigenvalue weighted by Crippen LogP contribution is 2.30. The Bertz CT molecular complexity index is 507. The summed E-state index contributed by atoms with van der Waals surface area (Å²) in [5, 5.41) is 13.2. The molecule has 4 heteroatoms. The number of hydrogen-bond donors (Lipinski definition) is 2. The van der Waals surface area contributed by atoms with E-state index in [2.05, 4.69) is 30.2 Å². The zero-order valence-corrected chi connectivity index (χ0v) is 11.6. The van der Waals surface area contributed by atoms with Crippen LogP contribution in [0, 0.1) is 11.8 Å². The standard InChI is InChI=1S/C15H20N2O2/c1-10(2)12-5-4-8-16-15(12)17-13-7-6-11(19-3)9-14(13)18/h4,6-10,12,18H,5H2,1-3H3,(H,16,17). The van der Waals surface area contributed by atoms with Gasteiger partial charge in [0.1, 0.15) is 17.3 Å². The predicted molar refractivity (Wildman–Crippen MR) is 77.8 cm³/mol. The number of ether oxygens (including phenoxy) is 1. The summed E-state index contributed by atoms with van der Waals surface area (Å²) in [6.07, 6.45) is 4.85. The maximum atomic E-state index is 9.96. The summed E-state index contributed by atoms with van der Waals surface area (Å²) < 4.78 is 5.07. The molecule has 0 fully saturated rings. The van der Waals surface area contributed by atoms with Gasteiger partial charge in [0.15, 0.2) is 0 Å². The number of nitrogens with zero attached hydrogens (tertiary/aromatic N) is 1. The Balaban J connectivity index is 2.20. The third kappa shape index (κ3) is 3.08. The number of amidine groups is 1. The Labute approximate surface area is 113 Å². The van der Waals surface area contributed by atoms with Gasteiger partial charge in [0, 0.05) is 18.2 Å². The first-order valence-corrected chi connectivity index (χ1v) is 6.48. The quantitative estimate of drug-likeness (QED) is 0.819. The third-order valence-electron chi connectivity index (χ3n) is 3.33. The molecular weight excluding hydrogens is 240 g/mol. The van der Waals surface area contributed by atoms with Gasteiger partial charge in [-0.05, 0) is 24.5 Å². The van der Waals surface area contributed by atoms with Crippen LogP contribution < -0.4 is 10.1 Å². The number of rotatable bonds is 3. The van der Waals surface area contributed by atoms with Crippen LogP contribution in [0.2, 0.25) is 0 Å². The van der Waals surface area contributed by atoms with Gasteiger partial charge in [-0.25, -0.2) is 4.99 Å². The van der Waals surface area contributed by atoms with E-state index in [1.807, 2.05) is 12.3 Å². The number of benzene rings is 1. The van der Waals surface area contributed by atoms with Gasteiger partial charge < -0.3 is 15.2 Å². The van der Waals surface area contributed by atoms with Crippen molar-refractivity contribution in [1.82, 2.24) is 0 Å². The lowest BCUT2D eigenvalue weighted by Gasteiger charge is -2.25. The molecule has 1 unspecified atom stereocenters. The molecule has 102 valence electrons. The van der Waals surface area contributed by atoms with Gasteiger partial charge in [0.05, 0.1) is 12.8 Å². The second kappa shape index (κ2) is 5.78. The highest BCUT2D eigenvalue weighted by atomic mass is 16.5. The zero-order chi connectivity index (χ0) is 13.8. The minimum atomic E-state index is 0.166. The minimum Gasteiger partial charge on any atom is -0.506 e. The first-order chi connectivity index (χ1) is 9.11. The van der Waals surface area contributed by atoms with Gasteiger partial charge in [-0.3, -0.25) is 0 Å². The molecule has 1 aliphatic heterocycles. The van der Waals surface area contributed by atoms with Crippen LogP contribution in [-0.4, -0.2) is 18.1 Å². The highest BCUT2D eigenvalue weighted by molar-refractivity contribution is 5.99. The van der Waals surface area contributed by atoms with Crippen LogP contribution in [0.1, 0.15) is 20.3 Å². The average Bonchev–Trinajstić information content (AvgIpc) is 2.41. The fourth-order valence-corrected chi connectivity index (χ4v) is 2.14. The smallest absolute Gasteiger partial charge is 0.142 e. The Morgan fingerprint density at radius 3 is 2.84 bits per heavy atom. The molecule has 1 heterocycles. The largest absolute Gasteiger partial charge is 0.506 e. The molecule has 19 heavy (non-hydrogen) atoms. The van der Waals surface area contributed by atoms with Gasteiger partial charge in [0.2, 0.25) is 0 Å². The second-order valence-electron chi connectivity index (χ2n) is 4.99.